The molecule has 4 heteroatoms. The summed E-state index contributed by atoms with van der Waals surface area (Å²) in [6, 6.07) is 0. The second-order valence-corrected chi connectivity index (χ2v) is 3.96. The molecule has 0 fully saturated rings. The Balaban J connectivity index is 2.84. The van der Waals surface area contributed by atoms with Gasteiger partial charge in [-0.25, -0.2) is 9.97 Å². The van der Waals surface area contributed by atoms with Crippen molar-refractivity contribution in [1.82, 2.24) is 9.97 Å². The lowest BCUT2D eigenvalue weighted by Gasteiger charge is -2.21. The van der Waals surface area contributed by atoms with E-state index >= 15 is 0 Å². The Morgan fingerprint density at radius 1 is 1.20 bits per heavy atom. The van der Waals surface area contributed by atoms with Gasteiger partial charge in [-0.05, 0) is 33.3 Å². The second-order valence-electron chi connectivity index (χ2n) is 3.96. The molecular formula is C11H18N2O2. The number of aromatic nitrogens is 2. The van der Waals surface area contributed by atoms with Crippen molar-refractivity contribution >= 4 is 0 Å². The molecule has 15 heavy (non-hydrogen) atoms. The number of hydrogen-bond acceptors (Lipinski definition) is 4. The Hall–Kier alpha value is -1.00. The summed E-state index contributed by atoms with van der Waals surface area (Å²) in [5, 5.41) is 9.58. The van der Waals surface area contributed by atoms with Crippen molar-refractivity contribution in [2.24, 2.45) is 0 Å². The van der Waals surface area contributed by atoms with E-state index in [4.69, 9.17) is 4.74 Å². The Kier molecular flexibility index (Phi) is 4.17. The number of aliphatic hydroxyl groups is 1. The van der Waals surface area contributed by atoms with E-state index < -0.39 is 12.2 Å². The lowest BCUT2D eigenvalue weighted by molar-refractivity contribution is -0.0649. The highest BCUT2D eigenvalue weighted by molar-refractivity contribution is 5.04. The fraction of sp³-hybridized carbons (Fsp3) is 0.636. The van der Waals surface area contributed by atoms with Crippen molar-refractivity contribution < 1.29 is 9.84 Å². The van der Waals surface area contributed by atoms with Crippen molar-refractivity contribution in [1.29, 1.82) is 0 Å². The van der Waals surface area contributed by atoms with Crippen molar-refractivity contribution in [3.8, 4) is 0 Å². The summed E-state index contributed by atoms with van der Waals surface area (Å²) in [6.45, 7) is 7.44. The zero-order valence-corrected chi connectivity index (χ0v) is 9.64. The first kappa shape index (κ1) is 12.1. The van der Waals surface area contributed by atoms with Crippen LogP contribution in [-0.4, -0.2) is 27.3 Å². The fourth-order valence-corrected chi connectivity index (χ4v) is 1.23. The highest BCUT2D eigenvalue weighted by Crippen LogP contribution is 2.19. The van der Waals surface area contributed by atoms with E-state index in [0.717, 1.165) is 5.56 Å². The fourth-order valence-electron chi connectivity index (χ4n) is 1.23. The SMILES string of the molecule is Cc1cnc([C@@H](OC(C)C)[C@H](C)O)nc1. The van der Waals surface area contributed by atoms with Gasteiger partial charge in [0, 0.05) is 12.4 Å². The van der Waals surface area contributed by atoms with Crippen molar-refractivity contribution in [3.05, 3.63) is 23.8 Å². The van der Waals surface area contributed by atoms with Gasteiger partial charge in [0.05, 0.1) is 12.2 Å². The smallest absolute Gasteiger partial charge is 0.159 e. The predicted octanol–water partition coefficient (Wildman–Crippen LogP) is 1.63. The van der Waals surface area contributed by atoms with Gasteiger partial charge in [-0.1, -0.05) is 0 Å². The largest absolute Gasteiger partial charge is 0.390 e. The van der Waals surface area contributed by atoms with E-state index in [9.17, 15) is 5.11 Å². The van der Waals surface area contributed by atoms with Crippen LogP contribution in [0.5, 0.6) is 0 Å². The van der Waals surface area contributed by atoms with Crippen LogP contribution in [0.2, 0.25) is 0 Å². The van der Waals surface area contributed by atoms with Crippen LogP contribution in [0.1, 0.15) is 38.3 Å². The van der Waals surface area contributed by atoms with Gasteiger partial charge in [-0.3, -0.25) is 0 Å². The number of rotatable bonds is 4. The van der Waals surface area contributed by atoms with Gasteiger partial charge in [-0.15, -0.1) is 0 Å². The number of aryl methyl sites for hydroxylation is 1. The number of hydrogen-bond donors (Lipinski definition) is 1. The third kappa shape index (κ3) is 3.57. The molecule has 0 radical (unpaired) electrons. The number of nitrogens with zero attached hydrogens (tertiary/aromatic N) is 2. The molecule has 0 aliphatic rings. The van der Waals surface area contributed by atoms with E-state index in [-0.39, 0.29) is 6.10 Å². The summed E-state index contributed by atoms with van der Waals surface area (Å²) in [5.41, 5.74) is 0.993. The average molecular weight is 210 g/mol. The van der Waals surface area contributed by atoms with Gasteiger partial charge in [-0.2, -0.15) is 0 Å². The maximum absolute atomic E-state index is 9.58. The first-order chi connectivity index (χ1) is 7.00. The van der Waals surface area contributed by atoms with E-state index in [1.54, 1.807) is 19.3 Å². The van der Waals surface area contributed by atoms with E-state index in [1.807, 2.05) is 20.8 Å². The molecule has 0 aliphatic heterocycles. The second kappa shape index (κ2) is 5.19. The number of aliphatic hydroxyl groups excluding tert-OH is 1. The molecule has 1 aromatic rings. The molecule has 2 atom stereocenters. The summed E-state index contributed by atoms with van der Waals surface area (Å²) >= 11 is 0. The van der Waals surface area contributed by atoms with Gasteiger partial charge in [0.15, 0.2) is 5.82 Å². The minimum absolute atomic E-state index is 0.0366. The van der Waals surface area contributed by atoms with Gasteiger partial charge in [0.1, 0.15) is 6.10 Å². The zero-order valence-electron chi connectivity index (χ0n) is 9.64. The third-order valence-corrected chi connectivity index (χ3v) is 1.91. The van der Waals surface area contributed by atoms with Crippen LogP contribution in [-0.2, 0) is 4.74 Å². The van der Waals surface area contributed by atoms with Crippen LogP contribution in [0.15, 0.2) is 12.4 Å². The molecule has 0 aliphatic carbocycles. The van der Waals surface area contributed by atoms with Crippen LogP contribution in [0.3, 0.4) is 0 Å². The van der Waals surface area contributed by atoms with E-state index in [2.05, 4.69) is 9.97 Å². The highest BCUT2D eigenvalue weighted by atomic mass is 16.5. The molecule has 0 bridgehead atoms. The Morgan fingerprint density at radius 2 is 1.73 bits per heavy atom. The monoisotopic (exact) mass is 210 g/mol. The molecule has 1 aromatic heterocycles. The van der Waals surface area contributed by atoms with Gasteiger partial charge >= 0.3 is 0 Å². The molecule has 1 N–H and O–H groups in total. The maximum atomic E-state index is 9.58. The summed E-state index contributed by atoms with van der Waals surface area (Å²) in [4.78, 5) is 8.31. The van der Waals surface area contributed by atoms with Crippen molar-refractivity contribution in [2.75, 3.05) is 0 Å². The topological polar surface area (TPSA) is 55.2 Å². The summed E-state index contributed by atoms with van der Waals surface area (Å²) in [5.74, 6) is 0.532. The quantitative estimate of drug-likeness (QED) is 0.820. The minimum atomic E-state index is -0.616. The molecule has 0 amide bonds. The van der Waals surface area contributed by atoms with Gasteiger partial charge in [0.2, 0.25) is 0 Å². The van der Waals surface area contributed by atoms with Crippen LogP contribution in [0.25, 0.3) is 0 Å². The molecule has 0 saturated carbocycles. The van der Waals surface area contributed by atoms with Crippen LogP contribution < -0.4 is 0 Å². The predicted molar refractivity (Wildman–Crippen MR) is 57.4 cm³/mol. The normalized spacial score (nSPS) is 15.3. The summed E-state index contributed by atoms with van der Waals surface area (Å²) in [7, 11) is 0. The zero-order chi connectivity index (χ0) is 11.4. The van der Waals surface area contributed by atoms with Crippen LogP contribution >= 0.6 is 0 Å². The lowest BCUT2D eigenvalue weighted by atomic mass is 10.2. The third-order valence-electron chi connectivity index (χ3n) is 1.91. The molecule has 84 valence electrons. The van der Waals surface area contributed by atoms with Crippen molar-refractivity contribution in [2.45, 2.75) is 46.0 Å². The molecule has 0 spiro atoms. The van der Waals surface area contributed by atoms with E-state index in [1.165, 1.54) is 0 Å². The highest BCUT2D eigenvalue weighted by Gasteiger charge is 2.21. The van der Waals surface area contributed by atoms with Crippen molar-refractivity contribution in [3.63, 3.8) is 0 Å². The summed E-state index contributed by atoms with van der Waals surface area (Å²) < 4.78 is 5.56. The minimum Gasteiger partial charge on any atom is -0.390 e. The maximum Gasteiger partial charge on any atom is 0.159 e. The van der Waals surface area contributed by atoms with Gasteiger partial charge in [0.25, 0.3) is 0 Å². The Morgan fingerprint density at radius 3 is 2.13 bits per heavy atom. The molecule has 0 saturated heterocycles. The lowest BCUT2D eigenvalue weighted by Crippen LogP contribution is -2.23. The Labute approximate surface area is 90.3 Å². The first-order valence-corrected chi connectivity index (χ1v) is 5.12. The van der Waals surface area contributed by atoms with Gasteiger partial charge < -0.3 is 9.84 Å². The van der Waals surface area contributed by atoms with E-state index in [0.29, 0.717) is 5.82 Å². The molecule has 1 heterocycles. The molecule has 0 unspecified atom stereocenters. The molecule has 0 aromatic carbocycles. The molecular weight excluding hydrogens is 192 g/mol. The van der Waals surface area contributed by atoms with Crippen LogP contribution in [0.4, 0.5) is 0 Å². The Bertz CT molecular complexity index is 296. The summed E-state index contributed by atoms with van der Waals surface area (Å²) in [6.07, 6.45) is 2.42. The van der Waals surface area contributed by atoms with Crippen LogP contribution in [0, 0.1) is 6.92 Å². The molecule has 1 rings (SSSR count). The number of ether oxygens (including phenoxy) is 1. The standard InChI is InChI=1S/C11H18N2O2/c1-7(2)15-10(9(4)14)11-12-5-8(3)6-13-11/h5-7,9-10,14H,1-4H3/t9-,10-/m0/s1. The molecule has 4 nitrogen and oxygen atoms in total. The first-order valence-electron chi connectivity index (χ1n) is 5.12. The average Bonchev–Trinajstić information content (AvgIpc) is 2.15.